The Labute approximate surface area is 169 Å². The van der Waals surface area contributed by atoms with Crippen LogP contribution in [0.5, 0.6) is 5.75 Å². The van der Waals surface area contributed by atoms with Crippen LogP contribution in [-0.4, -0.2) is 24.5 Å². The van der Waals surface area contributed by atoms with E-state index in [9.17, 15) is 14.9 Å². The van der Waals surface area contributed by atoms with Crippen LogP contribution in [-0.2, 0) is 0 Å². The number of carbonyl (C=O) groups excluding carboxylic acids is 1. The molecule has 29 heavy (non-hydrogen) atoms. The molecule has 2 aromatic carbocycles. The molecule has 1 amide bonds. The highest BCUT2D eigenvalue weighted by molar-refractivity contribution is 6.05. The van der Waals surface area contributed by atoms with Crippen LogP contribution < -0.4 is 15.4 Å². The lowest BCUT2D eigenvalue weighted by Gasteiger charge is -2.14. The number of amides is 1. The van der Waals surface area contributed by atoms with Crippen molar-refractivity contribution in [2.75, 3.05) is 24.3 Å². The third-order valence-corrected chi connectivity index (χ3v) is 4.93. The van der Waals surface area contributed by atoms with Crippen molar-refractivity contribution in [1.29, 1.82) is 0 Å². The van der Waals surface area contributed by atoms with Crippen molar-refractivity contribution in [2.45, 2.75) is 32.1 Å². The zero-order valence-electron chi connectivity index (χ0n) is 16.4. The Balaban J connectivity index is 1.68. The van der Waals surface area contributed by atoms with Crippen molar-refractivity contribution >= 4 is 23.0 Å². The Morgan fingerprint density at radius 3 is 2.79 bits per heavy atom. The molecule has 7 heteroatoms. The molecular weight excluding hydrogens is 370 g/mol. The second-order valence-electron chi connectivity index (χ2n) is 6.96. The van der Waals surface area contributed by atoms with Crippen molar-refractivity contribution < 1.29 is 14.5 Å². The summed E-state index contributed by atoms with van der Waals surface area (Å²) < 4.78 is 5.14. The third kappa shape index (κ3) is 5.57. The lowest BCUT2D eigenvalue weighted by atomic mass is 9.97. The fraction of sp³-hybridized carbons (Fsp3) is 0.318. The summed E-state index contributed by atoms with van der Waals surface area (Å²) in [7, 11) is 1.54. The summed E-state index contributed by atoms with van der Waals surface area (Å²) in [4.78, 5) is 23.6. The molecular formula is C22H25N3O4. The summed E-state index contributed by atoms with van der Waals surface area (Å²) in [6.07, 6.45) is 7.81. The standard InChI is InChI=1S/C22H25N3O4/c1-29-19-9-5-8-18(15-19)24-22(26)17-10-11-20(21(14-17)25(27)28)23-13-12-16-6-3-2-4-7-16/h5-6,8-11,14-15,23H,2-4,7,12-13H2,1H3,(H,24,26). The molecule has 0 unspecified atom stereocenters. The Hall–Kier alpha value is -3.35. The van der Waals surface area contributed by atoms with Crippen LogP contribution in [0.15, 0.2) is 54.1 Å². The minimum Gasteiger partial charge on any atom is -0.497 e. The van der Waals surface area contributed by atoms with Crippen molar-refractivity contribution in [1.82, 2.24) is 0 Å². The number of hydrogen-bond donors (Lipinski definition) is 2. The molecule has 2 aromatic rings. The van der Waals surface area contributed by atoms with Gasteiger partial charge in [0.25, 0.3) is 11.6 Å². The number of carbonyl (C=O) groups is 1. The van der Waals surface area contributed by atoms with Crippen molar-refractivity contribution in [3.05, 3.63) is 69.8 Å². The monoisotopic (exact) mass is 395 g/mol. The minimum atomic E-state index is -0.468. The number of rotatable bonds is 8. The first-order valence-electron chi connectivity index (χ1n) is 9.72. The van der Waals surface area contributed by atoms with Crippen LogP contribution >= 0.6 is 0 Å². The largest absolute Gasteiger partial charge is 0.497 e. The van der Waals surface area contributed by atoms with E-state index < -0.39 is 10.8 Å². The Morgan fingerprint density at radius 2 is 2.07 bits per heavy atom. The molecule has 0 bridgehead atoms. The lowest BCUT2D eigenvalue weighted by Crippen LogP contribution is -2.13. The van der Waals surface area contributed by atoms with Gasteiger partial charge in [-0.3, -0.25) is 14.9 Å². The topological polar surface area (TPSA) is 93.5 Å². The van der Waals surface area contributed by atoms with Crippen LogP contribution in [0, 0.1) is 10.1 Å². The number of nitro groups is 1. The van der Waals surface area contributed by atoms with Gasteiger partial charge in [-0.05, 0) is 56.4 Å². The van der Waals surface area contributed by atoms with Gasteiger partial charge in [0.15, 0.2) is 0 Å². The normalized spacial score (nSPS) is 13.3. The average molecular weight is 395 g/mol. The first-order valence-corrected chi connectivity index (χ1v) is 9.72. The maximum Gasteiger partial charge on any atom is 0.293 e. The van der Waals surface area contributed by atoms with E-state index in [0.717, 1.165) is 19.3 Å². The van der Waals surface area contributed by atoms with E-state index in [1.807, 2.05) is 0 Å². The molecule has 0 saturated heterocycles. The highest BCUT2D eigenvalue weighted by atomic mass is 16.6. The van der Waals surface area contributed by atoms with Crippen molar-refractivity contribution in [3.63, 3.8) is 0 Å². The number of allylic oxidation sites excluding steroid dienone is 1. The second kappa shape index (κ2) is 9.73. The quantitative estimate of drug-likeness (QED) is 0.366. The molecule has 3 rings (SSSR count). The van der Waals surface area contributed by atoms with Gasteiger partial charge >= 0.3 is 0 Å². The van der Waals surface area contributed by atoms with Crippen LogP contribution in [0.25, 0.3) is 0 Å². The molecule has 0 saturated carbocycles. The smallest absolute Gasteiger partial charge is 0.293 e. The van der Waals surface area contributed by atoms with Crippen LogP contribution in [0.2, 0.25) is 0 Å². The number of hydrogen-bond acceptors (Lipinski definition) is 5. The SMILES string of the molecule is COc1cccc(NC(=O)c2ccc(NCCC3=CCCCC3)c([N+](=O)[O-])c2)c1. The van der Waals surface area contributed by atoms with Gasteiger partial charge in [-0.1, -0.05) is 17.7 Å². The van der Waals surface area contributed by atoms with E-state index in [2.05, 4.69) is 16.7 Å². The molecule has 2 N–H and O–H groups in total. The fourth-order valence-corrected chi connectivity index (χ4v) is 3.37. The van der Waals surface area contributed by atoms with Crippen molar-refractivity contribution in [2.24, 2.45) is 0 Å². The zero-order chi connectivity index (χ0) is 20.6. The molecule has 7 nitrogen and oxygen atoms in total. The molecule has 0 spiro atoms. The zero-order valence-corrected chi connectivity index (χ0v) is 16.4. The number of nitro benzene ring substituents is 1. The molecule has 0 aromatic heterocycles. The molecule has 0 atom stereocenters. The van der Waals surface area contributed by atoms with Gasteiger partial charge in [0.1, 0.15) is 11.4 Å². The van der Waals surface area contributed by atoms with Gasteiger partial charge in [-0.15, -0.1) is 0 Å². The van der Waals surface area contributed by atoms with E-state index in [1.165, 1.54) is 24.5 Å². The van der Waals surface area contributed by atoms with E-state index in [4.69, 9.17) is 4.74 Å². The molecule has 0 radical (unpaired) electrons. The number of nitrogens with zero attached hydrogens (tertiary/aromatic N) is 1. The summed E-state index contributed by atoms with van der Waals surface area (Å²) in [5, 5.41) is 17.4. The van der Waals surface area contributed by atoms with Gasteiger partial charge in [0, 0.05) is 29.9 Å². The molecule has 0 heterocycles. The van der Waals surface area contributed by atoms with Gasteiger partial charge in [0.2, 0.25) is 0 Å². The summed E-state index contributed by atoms with van der Waals surface area (Å²) in [6, 6.07) is 11.4. The molecule has 1 aliphatic rings. The number of methoxy groups -OCH3 is 1. The number of nitrogens with one attached hydrogen (secondary N) is 2. The average Bonchev–Trinajstić information content (AvgIpc) is 2.74. The number of benzene rings is 2. The Kier molecular flexibility index (Phi) is 6.84. The van der Waals surface area contributed by atoms with E-state index >= 15 is 0 Å². The maximum absolute atomic E-state index is 12.5. The molecule has 152 valence electrons. The minimum absolute atomic E-state index is 0.110. The predicted octanol–water partition coefficient (Wildman–Crippen LogP) is 5.16. The first kappa shape index (κ1) is 20.4. The van der Waals surface area contributed by atoms with Gasteiger partial charge in [0.05, 0.1) is 12.0 Å². The van der Waals surface area contributed by atoms with Gasteiger partial charge in [-0.25, -0.2) is 0 Å². The van der Waals surface area contributed by atoms with Crippen LogP contribution in [0.3, 0.4) is 0 Å². The number of ether oxygens (including phenoxy) is 1. The van der Waals surface area contributed by atoms with E-state index in [0.29, 0.717) is 23.7 Å². The summed E-state index contributed by atoms with van der Waals surface area (Å²) in [6.45, 7) is 0.627. The maximum atomic E-state index is 12.5. The Bertz CT molecular complexity index is 924. The second-order valence-corrected chi connectivity index (χ2v) is 6.96. The summed E-state index contributed by atoms with van der Waals surface area (Å²) in [5.74, 6) is 0.196. The summed E-state index contributed by atoms with van der Waals surface area (Å²) >= 11 is 0. The molecule has 0 fully saturated rings. The Morgan fingerprint density at radius 1 is 1.21 bits per heavy atom. The van der Waals surface area contributed by atoms with Crippen LogP contribution in [0.4, 0.5) is 17.1 Å². The van der Waals surface area contributed by atoms with Crippen LogP contribution in [0.1, 0.15) is 42.5 Å². The first-order chi connectivity index (χ1) is 14.1. The van der Waals surface area contributed by atoms with Gasteiger partial charge < -0.3 is 15.4 Å². The molecule has 0 aliphatic heterocycles. The van der Waals surface area contributed by atoms with Crippen molar-refractivity contribution in [3.8, 4) is 5.75 Å². The lowest BCUT2D eigenvalue weighted by molar-refractivity contribution is -0.384. The van der Waals surface area contributed by atoms with E-state index in [1.54, 1.807) is 43.5 Å². The van der Waals surface area contributed by atoms with Gasteiger partial charge in [-0.2, -0.15) is 0 Å². The van der Waals surface area contributed by atoms with E-state index in [-0.39, 0.29) is 11.3 Å². The molecule has 1 aliphatic carbocycles. The number of anilines is 2. The fourth-order valence-electron chi connectivity index (χ4n) is 3.37. The predicted molar refractivity (Wildman–Crippen MR) is 114 cm³/mol. The highest BCUT2D eigenvalue weighted by Crippen LogP contribution is 2.27. The third-order valence-electron chi connectivity index (χ3n) is 4.93. The highest BCUT2D eigenvalue weighted by Gasteiger charge is 2.18. The summed E-state index contributed by atoms with van der Waals surface area (Å²) in [5.41, 5.74) is 2.49.